The van der Waals surface area contributed by atoms with Gasteiger partial charge >= 0.3 is 5.97 Å². The summed E-state index contributed by atoms with van der Waals surface area (Å²) in [5, 5.41) is 3.76. The summed E-state index contributed by atoms with van der Waals surface area (Å²) in [5.41, 5.74) is 0. The number of hydrogen-bond acceptors (Lipinski definition) is 6. The SMILES string of the molecule is COC(=O)c1cnc(NCC(C)OC)s1. The summed E-state index contributed by atoms with van der Waals surface area (Å²) < 4.78 is 9.65. The second kappa shape index (κ2) is 5.67. The Hall–Kier alpha value is -1.14. The maximum atomic E-state index is 11.1. The number of methoxy groups -OCH3 is 2. The number of anilines is 1. The van der Waals surface area contributed by atoms with Gasteiger partial charge in [-0.2, -0.15) is 0 Å². The Kier molecular flexibility index (Phi) is 4.51. The highest BCUT2D eigenvalue weighted by Gasteiger charge is 2.10. The fraction of sp³-hybridized carbons (Fsp3) is 0.556. The van der Waals surface area contributed by atoms with E-state index in [1.807, 2.05) is 6.92 Å². The molecule has 1 unspecified atom stereocenters. The van der Waals surface area contributed by atoms with E-state index in [9.17, 15) is 4.79 Å². The fourth-order valence-corrected chi connectivity index (χ4v) is 1.61. The van der Waals surface area contributed by atoms with Gasteiger partial charge in [-0.3, -0.25) is 0 Å². The van der Waals surface area contributed by atoms with Crippen molar-refractivity contribution in [3.63, 3.8) is 0 Å². The van der Waals surface area contributed by atoms with Crippen molar-refractivity contribution in [3.05, 3.63) is 11.1 Å². The number of esters is 1. The summed E-state index contributed by atoms with van der Waals surface area (Å²) in [5.74, 6) is -0.361. The highest BCUT2D eigenvalue weighted by molar-refractivity contribution is 7.17. The van der Waals surface area contributed by atoms with Crippen molar-refractivity contribution < 1.29 is 14.3 Å². The number of ether oxygens (including phenoxy) is 2. The fourth-order valence-electron chi connectivity index (χ4n) is 0.865. The molecular weight excluding hydrogens is 216 g/mol. The third-order valence-corrected chi connectivity index (χ3v) is 2.77. The van der Waals surface area contributed by atoms with Crippen LogP contribution in [0.1, 0.15) is 16.6 Å². The quantitative estimate of drug-likeness (QED) is 0.774. The van der Waals surface area contributed by atoms with E-state index >= 15 is 0 Å². The van der Waals surface area contributed by atoms with E-state index < -0.39 is 0 Å². The number of carbonyl (C=O) groups excluding carboxylic acids is 1. The van der Waals surface area contributed by atoms with Crippen LogP contribution >= 0.6 is 11.3 Å². The molecule has 1 atom stereocenters. The van der Waals surface area contributed by atoms with Crippen LogP contribution in [0.4, 0.5) is 5.13 Å². The van der Waals surface area contributed by atoms with Crippen LogP contribution in [-0.2, 0) is 9.47 Å². The van der Waals surface area contributed by atoms with Crippen molar-refractivity contribution in [2.75, 3.05) is 26.1 Å². The third kappa shape index (κ3) is 3.49. The Morgan fingerprint density at radius 1 is 1.67 bits per heavy atom. The van der Waals surface area contributed by atoms with E-state index in [1.54, 1.807) is 7.11 Å². The Morgan fingerprint density at radius 3 is 3.00 bits per heavy atom. The van der Waals surface area contributed by atoms with Crippen LogP contribution in [0.5, 0.6) is 0 Å². The third-order valence-electron chi connectivity index (χ3n) is 1.84. The van der Waals surface area contributed by atoms with Crippen LogP contribution in [-0.4, -0.2) is 37.8 Å². The molecule has 0 aliphatic carbocycles. The van der Waals surface area contributed by atoms with Crippen molar-refractivity contribution in [2.45, 2.75) is 13.0 Å². The molecule has 84 valence electrons. The molecule has 15 heavy (non-hydrogen) atoms. The molecule has 0 radical (unpaired) electrons. The highest BCUT2D eigenvalue weighted by atomic mass is 32.1. The Labute approximate surface area is 92.4 Å². The second-order valence-corrected chi connectivity index (χ2v) is 3.98. The van der Waals surface area contributed by atoms with Gasteiger partial charge < -0.3 is 14.8 Å². The van der Waals surface area contributed by atoms with Gasteiger partial charge in [-0.15, -0.1) is 0 Å². The molecule has 1 rings (SSSR count). The van der Waals surface area contributed by atoms with Gasteiger partial charge in [0.2, 0.25) is 0 Å². The van der Waals surface area contributed by atoms with Gasteiger partial charge in [0.1, 0.15) is 4.88 Å². The molecule has 0 saturated carbocycles. The number of aromatic nitrogens is 1. The normalized spacial score (nSPS) is 12.2. The minimum Gasteiger partial charge on any atom is -0.465 e. The maximum Gasteiger partial charge on any atom is 0.349 e. The predicted molar refractivity (Wildman–Crippen MR) is 58.4 cm³/mol. The first kappa shape index (κ1) is 11.9. The highest BCUT2D eigenvalue weighted by Crippen LogP contribution is 2.18. The van der Waals surface area contributed by atoms with E-state index in [4.69, 9.17) is 4.74 Å². The topological polar surface area (TPSA) is 60.5 Å². The smallest absolute Gasteiger partial charge is 0.349 e. The zero-order valence-electron chi connectivity index (χ0n) is 8.94. The first-order chi connectivity index (χ1) is 7.17. The second-order valence-electron chi connectivity index (χ2n) is 2.95. The number of carbonyl (C=O) groups is 1. The van der Waals surface area contributed by atoms with Gasteiger partial charge in [0, 0.05) is 13.7 Å². The molecular formula is C9H14N2O3S. The number of rotatable bonds is 5. The van der Waals surface area contributed by atoms with Crippen LogP contribution in [0.15, 0.2) is 6.20 Å². The van der Waals surface area contributed by atoms with Gasteiger partial charge in [-0.05, 0) is 6.92 Å². The lowest BCUT2D eigenvalue weighted by Gasteiger charge is -2.08. The molecule has 0 aliphatic heterocycles. The molecule has 1 N–H and O–H groups in total. The molecule has 0 bridgehead atoms. The minimum absolute atomic E-state index is 0.107. The average molecular weight is 230 g/mol. The van der Waals surface area contributed by atoms with E-state index in [2.05, 4.69) is 15.0 Å². The summed E-state index contributed by atoms with van der Waals surface area (Å²) in [6, 6.07) is 0. The van der Waals surface area contributed by atoms with Gasteiger partial charge in [-0.25, -0.2) is 9.78 Å². The van der Waals surface area contributed by atoms with Crippen molar-refractivity contribution in [1.29, 1.82) is 0 Å². The van der Waals surface area contributed by atoms with Crippen molar-refractivity contribution in [1.82, 2.24) is 4.98 Å². The Balaban J connectivity index is 2.49. The van der Waals surface area contributed by atoms with E-state index in [-0.39, 0.29) is 12.1 Å². The molecule has 0 aromatic carbocycles. The number of nitrogens with one attached hydrogen (secondary N) is 1. The van der Waals surface area contributed by atoms with Crippen molar-refractivity contribution in [3.8, 4) is 0 Å². The number of thiazole rings is 1. The van der Waals surface area contributed by atoms with Crippen molar-refractivity contribution in [2.24, 2.45) is 0 Å². The van der Waals surface area contributed by atoms with Gasteiger partial charge in [0.15, 0.2) is 5.13 Å². The van der Waals surface area contributed by atoms with Gasteiger partial charge in [-0.1, -0.05) is 11.3 Å². The zero-order valence-corrected chi connectivity index (χ0v) is 9.76. The molecule has 0 saturated heterocycles. The molecule has 1 aromatic rings. The lowest BCUT2D eigenvalue weighted by molar-refractivity contribution is 0.0606. The molecule has 0 spiro atoms. The zero-order chi connectivity index (χ0) is 11.3. The summed E-state index contributed by atoms with van der Waals surface area (Å²) in [4.78, 5) is 15.7. The molecule has 1 aromatic heterocycles. The van der Waals surface area contributed by atoms with E-state index in [1.165, 1.54) is 24.6 Å². The molecule has 0 aliphatic rings. The van der Waals surface area contributed by atoms with Gasteiger partial charge in [0.25, 0.3) is 0 Å². The minimum atomic E-state index is -0.361. The standard InChI is InChI=1S/C9H14N2O3S/c1-6(13-2)4-10-9-11-5-7(15-9)8(12)14-3/h5-6H,4H2,1-3H3,(H,10,11). The summed E-state index contributed by atoms with van der Waals surface area (Å²) in [6.07, 6.45) is 1.60. The summed E-state index contributed by atoms with van der Waals surface area (Å²) in [6.45, 7) is 2.60. The average Bonchev–Trinajstić information content (AvgIpc) is 2.73. The Morgan fingerprint density at radius 2 is 2.40 bits per heavy atom. The lowest BCUT2D eigenvalue weighted by atomic mass is 10.4. The van der Waals surface area contributed by atoms with E-state index in [0.29, 0.717) is 16.6 Å². The predicted octanol–water partition coefficient (Wildman–Crippen LogP) is 1.38. The molecule has 0 amide bonds. The largest absolute Gasteiger partial charge is 0.465 e. The molecule has 0 fully saturated rings. The van der Waals surface area contributed by atoms with Crippen LogP contribution in [0.3, 0.4) is 0 Å². The van der Waals surface area contributed by atoms with Crippen LogP contribution < -0.4 is 5.32 Å². The summed E-state index contributed by atoms with van der Waals surface area (Å²) >= 11 is 1.27. The maximum absolute atomic E-state index is 11.1. The lowest BCUT2D eigenvalue weighted by Crippen LogP contribution is -2.17. The van der Waals surface area contributed by atoms with Crippen LogP contribution in [0.2, 0.25) is 0 Å². The Bertz CT molecular complexity index is 327. The monoisotopic (exact) mass is 230 g/mol. The molecule has 6 heteroatoms. The molecule has 1 heterocycles. The van der Waals surface area contributed by atoms with Crippen LogP contribution in [0.25, 0.3) is 0 Å². The number of nitrogens with zero attached hydrogens (tertiary/aromatic N) is 1. The first-order valence-corrected chi connectivity index (χ1v) is 5.29. The molecule has 5 nitrogen and oxygen atoms in total. The van der Waals surface area contributed by atoms with Gasteiger partial charge in [0.05, 0.1) is 19.4 Å². The first-order valence-electron chi connectivity index (χ1n) is 4.48. The van der Waals surface area contributed by atoms with Crippen LogP contribution in [0, 0.1) is 0 Å². The summed E-state index contributed by atoms with van der Waals surface area (Å²) in [7, 11) is 3.00. The number of hydrogen-bond donors (Lipinski definition) is 1. The van der Waals surface area contributed by atoms with E-state index in [0.717, 1.165) is 0 Å². The van der Waals surface area contributed by atoms with Crippen molar-refractivity contribution >= 4 is 22.4 Å².